The maximum atomic E-state index is 12.1. The van der Waals surface area contributed by atoms with Crippen LogP contribution in [-0.2, 0) is 0 Å². The van der Waals surface area contributed by atoms with Crippen molar-refractivity contribution in [2.75, 3.05) is 0 Å². The van der Waals surface area contributed by atoms with Crippen molar-refractivity contribution in [1.29, 1.82) is 0 Å². The lowest BCUT2D eigenvalue weighted by atomic mass is 9.95. The summed E-state index contributed by atoms with van der Waals surface area (Å²) in [5, 5.41) is 0. The molecule has 1 atom stereocenters. The lowest BCUT2D eigenvalue weighted by Crippen LogP contribution is -2.17. The average molecular weight is 177 g/mol. The molecule has 1 aliphatic carbocycles. The number of rotatable bonds is 0. The van der Waals surface area contributed by atoms with Crippen LogP contribution >= 0.6 is 0 Å². The van der Waals surface area contributed by atoms with Crippen LogP contribution in [0, 0.1) is 5.92 Å². The minimum absolute atomic E-state index is 0.119. The first-order valence-electron chi connectivity index (χ1n) is 3.64. The average Bonchev–Trinajstić information content (AvgIpc) is 1.82. The highest BCUT2D eigenvalue weighted by atomic mass is 19.4. The molecule has 0 radical (unpaired) electrons. The second-order valence-electron chi connectivity index (χ2n) is 3.02. The monoisotopic (exact) mass is 177 g/mol. The van der Waals surface area contributed by atoms with Gasteiger partial charge in [-0.1, -0.05) is 13.0 Å². The summed E-state index contributed by atoms with van der Waals surface area (Å²) in [4.78, 5) is 0. The van der Waals surface area contributed by atoms with Gasteiger partial charge in [0.1, 0.15) is 0 Å². The minimum Gasteiger partial charge on any atom is -0.402 e. The molecule has 0 saturated carbocycles. The molecule has 0 fully saturated rings. The van der Waals surface area contributed by atoms with E-state index < -0.39 is 11.7 Å². The Morgan fingerprint density at radius 1 is 1.50 bits per heavy atom. The summed E-state index contributed by atoms with van der Waals surface area (Å²) in [6, 6.07) is 0. The van der Waals surface area contributed by atoms with E-state index >= 15 is 0 Å². The lowest BCUT2D eigenvalue weighted by molar-refractivity contribution is -0.0890. The van der Waals surface area contributed by atoms with Gasteiger partial charge in [0.2, 0.25) is 0 Å². The summed E-state index contributed by atoms with van der Waals surface area (Å²) >= 11 is 0. The predicted octanol–water partition coefficient (Wildman–Crippen LogP) is 2.36. The van der Waals surface area contributed by atoms with Crippen molar-refractivity contribution in [2.24, 2.45) is 11.7 Å². The van der Waals surface area contributed by atoms with Gasteiger partial charge in [0.05, 0.1) is 5.57 Å². The molecule has 0 spiro atoms. The maximum absolute atomic E-state index is 12.1. The molecule has 0 aromatic rings. The number of alkyl halides is 3. The molecule has 1 aliphatic rings. The third-order valence-electron chi connectivity index (χ3n) is 1.69. The predicted molar refractivity (Wildman–Crippen MR) is 40.2 cm³/mol. The van der Waals surface area contributed by atoms with Crippen LogP contribution in [0.5, 0.6) is 0 Å². The molecule has 4 heteroatoms. The molecule has 0 aromatic heterocycles. The number of hydrogen-bond acceptors (Lipinski definition) is 1. The summed E-state index contributed by atoms with van der Waals surface area (Å²) in [6.45, 7) is 1.71. The van der Waals surface area contributed by atoms with Crippen molar-refractivity contribution >= 4 is 0 Å². The normalized spacial score (nSPS) is 24.8. The highest BCUT2D eigenvalue weighted by Gasteiger charge is 2.33. The van der Waals surface area contributed by atoms with Crippen molar-refractivity contribution in [2.45, 2.75) is 19.5 Å². The molecule has 0 heterocycles. The second-order valence-corrected chi connectivity index (χ2v) is 3.02. The van der Waals surface area contributed by atoms with E-state index in [1.807, 2.05) is 0 Å². The van der Waals surface area contributed by atoms with Crippen molar-refractivity contribution in [3.63, 3.8) is 0 Å². The Labute approximate surface area is 68.7 Å². The first-order chi connectivity index (χ1) is 5.39. The summed E-state index contributed by atoms with van der Waals surface area (Å²) in [6.07, 6.45) is -1.55. The summed E-state index contributed by atoms with van der Waals surface area (Å²) in [7, 11) is 0. The zero-order valence-electron chi connectivity index (χ0n) is 6.65. The molecule has 12 heavy (non-hydrogen) atoms. The van der Waals surface area contributed by atoms with Crippen LogP contribution in [-0.4, -0.2) is 6.18 Å². The van der Waals surface area contributed by atoms with Crippen LogP contribution in [0.4, 0.5) is 13.2 Å². The largest absolute Gasteiger partial charge is 0.416 e. The quantitative estimate of drug-likeness (QED) is 0.603. The smallest absolute Gasteiger partial charge is 0.402 e. The van der Waals surface area contributed by atoms with Crippen LogP contribution in [0.15, 0.2) is 23.4 Å². The summed E-state index contributed by atoms with van der Waals surface area (Å²) in [5.74, 6) is -0.119. The van der Waals surface area contributed by atoms with E-state index in [4.69, 9.17) is 5.73 Å². The van der Waals surface area contributed by atoms with Gasteiger partial charge in [0, 0.05) is 5.70 Å². The molecule has 1 rings (SSSR count). The number of nitrogens with two attached hydrogens (primary N) is 1. The first-order valence-corrected chi connectivity index (χ1v) is 3.64. The molecule has 0 aromatic carbocycles. The topological polar surface area (TPSA) is 26.0 Å². The van der Waals surface area contributed by atoms with Crippen molar-refractivity contribution in [1.82, 2.24) is 0 Å². The fourth-order valence-electron chi connectivity index (χ4n) is 1.22. The van der Waals surface area contributed by atoms with E-state index in [9.17, 15) is 13.2 Å². The molecule has 1 nitrogen and oxygen atoms in total. The second kappa shape index (κ2) is 2.84. The Morgan fingerprint density at radius 2 is 2.08 bits per heavy atom. The SMILES string of the molecule is CC1C=C(C(F)(F)F)C=C(N)C1. The van der Waals surface area contributed by atoms with Crippen molar-refractivity contribution in [3.8, 4) is 0 Å². The van der Waals surface area contributed by atoms with Crippen LogP contribution in [0.25, 0.3) is 0 Å². The molecule has 0 aliphatic heterocycles. The zero-order valence-corrected chi connectivity index (χ0v) is 6.65. The van der Waals surface area contributed by atoms with E-state index in [0.29, 0.717) is 12.1 Å². The summed E-state index contributed by atoms with van der Waals surface area (Å²) in [5.41, 5.74) is 5.01. The van der Waals surface area contributed by atoms with E-state index in [2.05, 4.69) is 0 Å². The van der Waals surface area contributed by atoms with E-state index in [1.165, 1.54) is 6.08 Å². The van der Waals surface area contributed by atoms with Crippen LogP contribution in [0.3, 0.4) is 0 Å². The Morgan fingerprint density at radius 3 is 2.50 bits per heavy atom. The van der Waals surface area contributed by atoms with Gasteiger partial charge < -0.3 is 5.73 Å². The van der Waals surface area contributed by atoms with Gasteiger partial charge in [0.25, 0.3) is 0 Å². The van der Waals surface area contributed by atoms with Gasteiger partial charge in [0.15, 0.2) is 0 Å². The molecule has 0 saturated heterocycles. The van der Waals surface area contributed by atoms with Gasteiger partial charge in [-0.3, -0.25) is 0 Å². The molecule has 68 valence electrons. The Hall–Kier alpha value is -0.930. The Bertz CT molecular complexity index is 237. The molecule has 0 bridgehead atoms. The van der Waals surface area contributed by atoms with Gasteiger partial charge in [-0.25, -0.2) is 0 Å². The Balaban J connectivity index is 2.91. The highest BCUT2D eigenvalue weighted by molar-refractivity contribution is 5.31. The molecule has 2 N–H and O–H groups in total. The van der Waals surface area contributed by atoms with Crippen LogP contribution in [0.1, 0.15) is 13.3 Å². The molecule has 1 unspecified atom stereocenters. The van der Waals surface area contributed by atoms with Crippen molar-refractivity contribution < 1.29 is 13.2 Å². The number of hydrogen-bond donors (Lipinski definition) is 1. The van der Waals surface area contributed by atoms with Gasteiger partial charge in [-0.05, 0) is 18.4 Å². The Kier molecular flexibility index (Phi) is 2.17. The molecular weight excluding hydrogens is 167 g/mol. The summed E-state index contributed by atoms with van der Waals surface area (Å²) < 4.78 is 36.4. The third-order valence-corrected chi connectivity index (χ3v) is 1.69. The first kappa shape index (κ1) is 9.16. The fourth-order valence-corrected chi connectivity index (χ4v) is 1.22. The zero-order chi connectivity index (χ0) is 9.35. The van der Waals surface area contributed by atoms with Crippen LogP contribution < -0.4 is 5.73 Å². The maximum Gasteiger partial charge on any atom is 0.416 e. The highest BCUT2D eigenvalue weighted by Crippen LogP contribution is 2.32. The lowest BCUT2D eigenvalue weighted by Gasteiger charge is -2.17. The minimum atomic E-state index is -4.26. The number of halogens is 3. The van der Waals surface area contributed by atoms with E-state index in [0.717, 1.165) is 6.08 Å². The molecule has 0 amide bonds. The number of allylic oxidation sites excluding steroid dienone is 4. The molecular formula is C8H10F3N. The van der Waals surface area contributed by atoms with Gasteiger partial charge in [-0.15, -0.1) is 0 Å². The van der Waals surface area contributed by atoms with Crippen molar-refractivity contribution in [3.05, 3.63) is 23.4 Å². The van der Waals surface area contributed by atoms with Crippen LogP contribution in [0.2, 0.25) is 0 Å². The fraction of sp³-hybridized carbons (Fsp3) is 0.500. The van der Waals surface area contributed by atoms with E-state index in [1.54, 1.807) is 6.92 Å². The van der Waals surface area contributed by atoms with Gasteiger partial charge >= 0.3 is 6.18 Å². The standard InChI is InChI=1S/C8H10F3N/c1-5-2-6(8(9,10)11)4-7(12)3-5/h2,4-5H,3,12H2,1H3. The van der Waals surface area contributed by atoms with E-state index in [-0.39, 0.29) is 5.92 Å². The van der Waals surface area contributed by atoms with Gasteiger partial charge in [-0.2, -0.15) is 13.2 Å². The third kappa shape index (κ3) is 2.03.